The number of rotatable bonds is 3. The topological polar surface area (TPSA) is 73.0 Å². The van der Waals surface area contributed by atoms with Crippen LogP contribution in [0.25, 0.3) is 0 Å². The number of anilines is 1. The van der Waals surface area contributed by atoms with Crippen molar-refractivity contribution < 1.29 is 9.32 Å². The van der Waals surface area contributed by atoms with E-state index in [1.165, 1.54) is 6.20 Å². The largest absolute Gasteiger partial charge is 0.360 e. The van der Waals surface area contributed by atoms with Gasteiger partial charge in [0, 0.05) is 6.07 Å². The van der Waals surface area contributed by atoms with Gasteiger partial charge in [0.1, 0.15) is 11.8 Å². The molecule has 0 unspecified atom stereocenters. The van der Waals surface area contributed by atoms with E-state index in [0.29, 0.717) is 16.6 Å². The van der Waals surface area contributed by atoms with Crippen LogP contribution in [0.2, 0.25) is 5.02 Å². The number of hydrogen-bond acceptors (Lipinski definition) is 4. The Bertz CT molecular complexity index is 575. The van der Waals surface area contributed by atoms with E-state index in [1.54, 1.807) is 31.5 Å². The third-order valence-corrected chi connectivity index (χ3v) is 2.98. The van der Waals surface area contributed by atoms with Crippen LogP contribution in [0.15, 0.2) is 16.8 Å². The third kappa shape index (κ3) is 2.38. The fourth-order valence-corrected chi connectivity index (χ4v) is 1.69. The lowest BCUT2D eigenvalue weighted by Gasteiger charge is -2.13. The molecule has 0 aliphatic carbocycles. The monoisotopic (exact) mass is 268 g/mol. The Hall–Kier alpha value is -1.82. The van der Waals surface area contributed by atoms with E-state index in [-0.39, 0.29) is 5.91 Å². The molecule has 0 aliphatic heterocycles. The van der Waals surface area contributed by atoms with Crippen LogP contribution in [-0.2, 0) is 4.79 Å². The van der Waals surface area contributed by atoms with Crippen LogP contribution in [-0.4, -0.2) is 20.8 Å². The zero-order valence-electron chi connectivity index (χ0n) is 10.3. The molecule has 0 saturated heterocycles. The summed E-state index contributed by atoms with van der Waals surface area (Å²) in [7, 11) is 0. The Morgan fingerprint density at radius 3 is 2.78 bits per heavy atom. The molecule has 0 aromatic carbocycles. The molecule has 18 heavy (non-hydrogen) atoms. The molecule has 1 atom stereocenters. The zero-order valence-corrected chi connectivity index (χ0v) is 11.0. The van der Waals surface area contributed by atoms with Crippen molar-refractivity contribution in [2.24, 2.45) is 0 Å². The molecule has 0 saturated carbocycles. The molecule has 1 N–H and O–H groups in total. The maximum absolute atomic E-state index is 12.0. The minimum Gasteiger partial charge on any atom is -0.360 e. The first kappa shape index (κ1) is 12.6. The summed E-state index contributed by atoms with van der Waals surface area (Å²) in [5.41, 5.74) is 0.746. The molecule has 0 fully saturated rings. The fraction of sp³-hybridized carbons (Fsp3) is 0.364. The molecule has 0 aliphatic rings. The normalized spacial score (nSPS) is 12.4. The van der Waals surface area contributed by atoms with Crippen LogP contribution in [0.4, 0.5) is 5.82 Å². The molecule has 0 radical (unpaired) electrons. The summed E-state index contributed by atoms with van der Waals surface area (Å²) in [5, 5.41) is 10.9. The maximum atomic E-state index is 12.0. The summed E-state index contributed by atoms with van der Waals surface area (Å²) >= 11 is 5.90. The highest BCUT2D eigenvalue weighted by atomic mass is 35.5. The number of aromatic nitrogens is 3. The number of hydrogen-bond donors (Lipinski definition) is 1. The van der Waals surface area contributed by atoms with Gasteiger partial charge in [-0.05, 0) is 20.8 Å². The predicted molar refractivity (Wildman–Crippen MR) is 66.6 cm³/mol. The van der Waals surface area contributed by atoms with Gasteiger partial charge in [0.2, 0.25) is 5.91 Å². The quantitative estimate of drug-likeness (QED) is 0.927. The second-order valence-electron chi connectivity index (χ2n) is 4.01. The van der Waals surface area contributed by atoms with Crippen molar-refractivity contribution in [2.45, 2.75) is 26.8 Å². The first-order valence-electron chi connectivity index (χ1n) is 5.43. The lowest BCUT2D eigenvalue weighted by Crippen LogP contribution is -2.25. The molecular formula is C11H13ClN4O2. The second-order valence-corrected chi connectivity index (χ2v) is 4.42. The standard InChI is InChI=1S/C11H13ClN4O2/c1-6-4-10(15-18-6)14-11(17)8(3)16-7(2)9(12)5-13-16/h4-5,8H,1-3H3,(H,14,15,17)/t8-/m1/s1. The average molecular weight is 269 g/mol. The number of nitrogens with one attached hydrogen (secondary N) is 1. The Kier molecular flexibility index (Phi) is 3.38. The van der Waals surface area contributed by atoms with Crippen molar-refractivity contribution >= 4 is 23.3 Å². The zero-order chi connectivity index (χ0) is 13.3. The molecule has 2 aromatic heterocycles. The molecule has 0 spiro atoms. The SMILES string of the molecule is Cc1cc(NC(=O)[C@@H](C)n2ncc(Cl)c2C)no1. The van der Waals surface area contributed by atoms with Gasteiger partial charge >= 0.3 is 0 Å². The molecule has 1 amide bonds. The molecule has 7 heteroatoms. The second kappa shape index (κ2) is 4.81. The van der Waals surface area contributed by atoms with Crippen molar-refractivity contribution in [1.82, 2.24) is 14.9 Å². The van der Waals surface area contributed by atoms with Gasteiger partial charge in [-0.15, -0.1) is 0 Å². The average Bonchev–Trinajstić information content (AvgIpc) is 2.87. The van der Waals surface area contributed by atoms with E-state index in [0.717, 1.165) is 5.69 Å². The summed E-state index contributed by atoms with van der Waals surface area (Å²) in [4.78, 5) is 12.0. The minimum absolute atomic E-state index is 0.230. The smallest absolute Gasteiger partial charge is 0.250 e. The van der Waals surface area contributed by atoms with E-state index < -0.39 is 6.04 Å². The number of aryl methyl sites for hydroxylation is 1. The van der Waals surface area contributed by atoms with Crippen molar-refractivity contribution in [3.8, 4) is 0 Å². The highest BCUT2D eigenvalue weighted by Crippen LogP contribution is 2.19. The number of carbonyl (C=O) groups is 1. The maximum Gasteiger partial charge on any atom is 0.250 e. The Balaban J connectivity index is 2.12. The van der Waals surface area contributed by atoms with Crippen LogP contribution in [0.1, 0.15) is 24.4 Å². The van der Waals surface area contributed by atoms with E-state index in [9.17, 15) is 4.79 Å². The summed E-state index contributed by atoms with van der Waals surface area (Å²) in [6.45, 7) is 5.29. The van der Waals surface area contributed by atoms with E-state index in [2.05, 4.69) is 15.6 Å². The Morgan fingerprint density at radius 1 is 1.56 bits per heavy atom. The number of carbonyl (C=O) groups excluding carboxylic acids is 1. The van der Waals surface area contributed by atoms with Gasteiger partial charge in [0.15, 0.2) is 5.82 Å². The van der Waals surface area contributed by atoms with Crippen LogP contribution >= 0.6 is 11.6 Å². The van der Waals surface area contributed by atoms with Gasteiger partial charge in [0.05, 0.1) is 16.9 Å². The van der Waals surface area contributed by atoms with Crippen LogP contribution in [0.5, 0.6) is 0 Å². The van der Waals surface area contributed by atoms with E-state index >= 15 is 0 Å². The van der Waals surface area contributed by atoms with Crippen molar-refractivity contribution in [1.29, 1.82) is 0 Å². The summed E-state index contributed by atoms with van der Waals surface area (Å²) in [5.74, 6) is 0.794. The highest BCUT2D eigenvalue weighted by Gasteiger charge is 2.19. The number of nitrogens with zero attached hydrogens (tertiary/aromatic N) is 3. The molecule has 2 rings (SSSR count). The molecule has 0 bridgehead atoms. The molecule has 96 valence electrons. The molecule has 6 nitrogen and oxygen atoms in total. The van der Waals surface area contributed by atoms with Crippen LogP contribution < -0.4 is 5.32 Å². The van der Waals surface area contributed by atoms with E-state index in [4.69, 9.17) is 16.1 Å². The van der Waals surface area contributed by atoms with Crippen molar-refractivity contribution in [3.63, 3.8) is 0 Å². The first-order chi connectivity index (χ1) is 8.49. The Labute approximate surface area is 109 Å². The lowest BCUT2D eigenvalue weighted by molar-refractivity contribution is -0.119. The highest BCUT2D eigenvalue weighted by molar-refractivity contribution is 6.31. The molecule has 2 aromatic rings. The summed E-state index contributed by atoms with van der Waals surface area (Å²) in [6.07, 6.45) is 1.51. The van der Waals surface area contributed by atoms with Gasteiger partial charge in [-0.25, -0.2) is 0 Å². The van der Waals surface area contributed by atoms with Gasteiger partial charge in [0.25, 0.3) is 0 Å². The number of halogens is 1. The molecule has 2 heterocycles. The van der Waals surface area contributed by atoms with Crippen LogP contribution in [0.3, 0.4) is 0 Å². The molecular weight excluding hydrogens is 256 g/mol. The third-order valence-electron chi connectivity index (χ3n) is 2.61. The van der Waals surface area contributed by atoms with Gasteiger partial charge in [-0.2, -0.15) is 5.10 Å². The van der Waals surface area contributed by atoms with Crippen molar-refractivity contribution in [3.05, 3.63) is 28.7 Å². The first-order valence-corrected chi connectivity index (χ1v) is 5.80. The van der Waals surface area contributed by atoms with Crippen molar-refractivity contribution in [2.75, 3.05) is 5.32 Å². The number of amides is 1. The lowest BCUT2D eigenvalue weighted by atomic mass is 10.3. The van der Waals surface area contributed by atoms with Gasteiger partial charge in [-0.1, -0.05) is 16.8 Å². The van der Waals surface area contributed by atoms with Gasteiger partial charge < -0.3 is 9.84 Å². The van der Waals surface area contributed by atoms with E-state index in [1.807, 2.05) is 0 Å². The Morgan fingerprint density at radius 2 is 2.28 bits per heavy atom. The van der Waals surface area contributed by atoms with Gasteiger partial charge in [-0.3, -0.25) is 9.48 Å². The van der Waals surface area contributed by atoms with Crippen LogP contribution in [0, 0.1) is 13.8 Å². The minimum atomic E-state index is -0.477. The summed E-state index contributed by atoms with van der Waals surface area (Å²) in [6, 6.07) is 1.17. The predicted octanol–water partition coefficient (Wildman–Crippen LogP) is 2.34. The summed E-state index contributed by atoms with van der Waals surface area (Å²) < 4.78 is 6.43. The fourth-order valence-electron chi connectivity index (χ4n) is 1.56.